The third-order valence-electron chi connectivity index (χ3n) is 1.94. The molecule has 1 saturated carbocycles. The van der Waals surface area contributed by atoms with Crippen LogP contribution in [-0.4, -0.2) is 17.3 Å². The first-order valence-corrected chi connectivity index (χ1v) is 3.49. The molecular weight excluding hydrogens is 116 g/mol. The minimum absolute atomic E-state index is 0.138. The maximum Gasteiger partial charge on any atom is 0.0706 e. The Kier molecular flexibility index (Phi) is 2.45. The van der Waals surface area contributed by atoms with Crippen molar-refractivity contribution in [3.63, 3.8) is 0 Å². The molecule has 1 aliphatic rings. The predicted octanol–water partition coefficient (Wildman–Crippen LogP) is -0.247. The molecule has 0 aromatic carbocycles. The van der Waals surface area contributed by atoms with E-state index in [1.54, 1.807) is 0 Å². The van der Waals surface area contributed by atoms with Crippen LogP contribution in [0.4, 0.5) is 0 Å². The van der Waals surface area contributed by atoms with Crippen LogP contribution in [0.3, 0.4) is 0 Å². The minimum atomic E-state index is -0.219. The van der Waals surface area contributed by atoms with Gasteiger partial charge < -0.3 is 5.11 Å². The molecule has 0 aromatic rings. The van der Waals surface area contributed by atoms with Gasteiger partial charge in [0.1, 0.15) is 0 Å². The van der Waals surface area contributed by atoms with E-state index in [9.17, 15) is 5.11 Å². The van der Waals surface area contributed by atoms with Crippen LogP contribution in [0.5, 0.6) is 0 Å². The normalized spacial score (nSPS) is 36.7. The molecule has 2 atom stereocenters. The van der Waals surface area contributed by atoms with E-state index >= 15 is 0 Å². The lowest BCUT2D eigenvalue weighted by atomic mass is 9.93. The Balaban J connectivity index is 2.30. The lowest BCUT2D eigenvalue weighted by Crippen LogP contribution is -2.45. The van der Waals surface area contributed by atoms with Crippen molar-refractivity contribution in [2.75, 3.05) is 0 Å². The molecule has 1 aliphatic carbocycles. The average molecular weight is 130 g/mol. The van der Waals surface area contributed by atoms with Crippen molar-refractivity contribution >= 4 is 0 Å². The van der Waals surface area contributed by atoms with Gasteiger partial charge in [0.25, 0.3) is 0 Å². The van der Waals surface area contributed by atoms with Crippen LogP contribution < -0.4 is 11.3 Å². The van der Waals surface area contributed by atoms with Gasteiger partial charge in [0.2, 0.25) is 0 Å². The zero-order valence-corrected chi connectivity index (χ0v) is 5.51. The van der Waals surface area contributed by atoms with E-state index in [0.717, 1.165) is 19.3 Å². The molecule has 1 fully saturated rings. The second-order valence-corrected chi connectivity index (χ2v) is 2.62. The van der Waals surface area contributed by atoms with Crippen LogP contribution in [0.1, 0.15) is 25.7 Å². The monoisotopic (exact) mass is 130 g/mol. The molecule has 1 unspecified atom stereocenters. The van der Waals surface area contributed by atoms with Gasteiger partial charge in [-0.3, -0.25) is 11.3 Å². The fourth-order valence-corrected chi connectivity index (χ4v) is 1.31. The van der Waals surface area contributed by atoms with Crippen LogP contribution >= 0.6 is 0 Å². The van der Waals surface area contributed by atoms with Crippen LogP contribution in [0.15, 0.2) is 0 Å². The molecule has 4 N–H and O–H groups in total. The van der Waals surface area contributed by atoms with Crippen molar-refractivity contribution in [3.05, 3.63) is 0 Å². The number of aliphatic hydroxyl groups excluding tert-OH is 1. The Hall–Kier alpha value is -0.120. The highest BCUT2D eigenvalue weighted by molar-refractivity contribution is 4.77. The van der Waals surface area contributed by atoms with E-state index in [4.69, 9.17) is 5.84 Å². The van der Waals surface area contributed by atoms with Crippen LogP contribution in [-0.2, 0) is 0 Å². The fraction of sp³-hybridized carbons (Fsp3) is 1.00. The van der Waals surface area contributed by atoms with E-state index in [0.29, 0.717) is 0 Å². The molecule has 3 nitrogen and oxygen atoms in total. The summed E-state index contributed by atoms with van der Waals surface area (Å²) in [6, 6.07) is 0.138. The molecule has 0 saturated heterocycles. The van der Waals surface area contributed by atoms with Gasteiger partial charge in [-0.1, -0.05) is 12.8 Å². The van der Waals surface area contributed by atoms with E-state index in [-0.39, 0.29) is 12.1 Å². The summed E-state index contributed by atoms with van der Waals surface area (Å²) in [5.74, 6) is 5.18. The molecule has 0 amide bonds. The first-order valence-electron chi connectivity index (χ1n) is 3.49. The topological polar surface area (TPSA) is 58.3 Å². The second kappa shape index (κ2) is 3.15. The molecule has 1 rings (SSSR count). The Morgan fingerprint density at radius 2 is 2.00 bits per heavy atom. The predicted molar refractivity (Wildman–Crippen MR) is 35.6 cm³/mol. The standard InChI is InChI=1S/C6H14N2O/c7-8-5-3-1-2-4-6(5)9/h5-6,8-9H,1-4,7H2/t5?,6-/m0/s1. The number of hydrazine groups is 1. The summed E-state index contributed by atoms with van der Waals surface area (Å²) < 4.78 is 0. The Bertz CT molecular complexity index is 87.1. The molecular formula is C6H14N2O. The molecule has 0 aromatic heterocycles. The smallest absolute Gasteiger partial charge is 0.0706 e. The average Bonchev–Trinajstić information content (AvgIpc) is 1.89. The second-order valence-electron chi connectivity index (χ2n) is 2.62. The summed E-state index contributed by atoms with van der Waals surface area (Å²) in [7, 11) is 0. The number of aliphatic hydroxyl groups is 1. The number of rotatable bonds is 1. The third kappa shape index (κ3) is 1.64. The summed E-state index contributed by atoms with van der Waals surface area (Å²) in [5.41, 5.74) is 2.60. The maximum atomic E-state index is 9.23. The van der Waals surface area contributed by atoms with Crippen LogP contribution in [0, 0.1) is 0 Å². The Morgan fingerprint density at radius 1 is 1.33 bits per heavy atom. The van der Waals surface area contributed by atoms with Gasteiger partial charge >= 0.3 is 0 Å². The molecule has 0 spiro atoms. The van der Waals surface area contributed by atoms with Crippen LogP contribution in [0.2, 0.25) is 0 Å². The zero-order chi connectivity index (χ0) is 6.69. The molecule has 0 radical (unpaired) electrons. The van der Waals surface area contributed by atoms with Crippen molar-refractivity contribution in [2.24, 2.45) is 5.84 Å². The highest BCUT2D eigenvalue weighted by atomic mass is 16.3. The van der Waals surface area contributed by atoms with E-state index < -0.39 is 0 Å². The van der Waals surface area contributed by atoms with Gasteiger partial charge in [-0.25, -0.2) is 0 Å². The molecule has 9 heavy (non-hydrogen) atoms. The largest absolute Gasteiger partial charge is 0.391 e. The van der Waals surface area contributed by atoms with Crippen LogP contribution in [0.25, 0.3) is 0 Å². The van der Waals surface area contributed by atoms with Crippen molar-refractivity contribution < 1.29 is 5.11 Å². The van der Waals surface area contributed by atoms with E-state index in [1.807, 2.05) is 0 Å². The molecule has 0 heterocycles. The van der Waals surface area contributed by atoms with Gasteiger partial charge in [-0.2, -0.15) is 0 Å². The summed E-state index contributed by atoms with van der Waals surface area (Å²) in [5, 5.41) is 9.23. The Labute approximate surface area is 55.2 Å². The van der Waals surface area contributed by atoms with Gasteiger partial charge in [0, 0.05) is 6.04 Å². The maximum absolute atomic E-state index is 9.23. The molecule has 54 valence electrons. The first-order chi connectivity index (χ1) is 4.34. The third-order valence-corrected chi connectivity index (χ3v) is 1.94. The lowest BCUT2D eigenvalue weighted by molar-refractivity contribution is 0.0913. The number of nitrogens with two attached hydrogens (primary N) is 1. The quantitative estimate of drug-likeness (QED) is 0.339. The molecule has 3 heteroatoms. The van der Waals surface area contributed by atoms with Gasteiger partial charge in [-0.15, -0.1) is 0 Å². The number of hydrogen-bond donors (Lipinski definition) is 3. The number of nitrogens with one attached hydrogen (secondary N) is 1. The van der Waals surface area contributed by atoms with Crippen molar-refractivity contribution in [1.29, 1.82) is 0 Å². The van der Waals surface area contributed by atoms with Gasteiger partial charge in [0.05, 0.1) is 6.10 Å². The first kappa shape index (κ1) is 6.99. The lowest BCUT2D eigenvalue weighted by Gasteiger charge is -2.26. The summed E-state index contributed by atoms with van der Waals surface area (Å²) in [6.45, 7) is 0. The fourth-order valence-electron chi connectivity index (χ4n) is 1.31. The Morgan fingerprint density at radius 3 is 2.44 bits per heavy atom. The van der Waals surface area contributed by atoms with E-state index in [1.165, 1.54) is 6.42 Å². The van der Waals surface area contributed by atoms with Crippen molar-refractivity contribution in [2.45, 2.75) is 37.8 Å². The van der Waals surface area contributed by atoms with Crippen molar-refractivity contribution in [3.8, 4) is 0 Å². The summed E-state index contributed by atoms with van der Waals surface area (Å²) >= 11 is 0. The van der Waals surface area contributed by atoms with Gasteiger partial charge in [0.15, 0.2) is 0 Å². The van der Waals surface area contributed by atoms with Crippen molar-refractivity contribution in [1.82, 2.24) is 5.43 Å². The van der Waals surface area contributed by atoms with E-state index in [2.05, 4.69) is 5.43 Å². The zero-order valence-electron chi connectivity index (χ0n) is 5.51. The molecule has 0 aliphatic heterocycles. The summed E-state index contributed by atoms with van der Waals surface area (Å²) in [6.07, 6.45) is 4.02. The highest BCUT2D eigenvalue weighted by Crippen LogP contribution is 2.17. The summed E-state index contributed by atoms with van der Waals surface area (Å²) in [4.78, 5) is 0. The highest BCUT2D eigenvalue weighted by Gasteiger charge is 2.20. The molecule has 0 bridgehead atoms. The SMILES string of the molecule is NNC1CCCC[C@@H]1O. The number of hydrogen-bond acceptors (Lipinski definition) is 3. The van der Waals surface area contributed by atoms with Gasteiger partial charge in [-0.05, 0) is 12.8 Å². The minimum Gasteiger partial charge on any atom is -0.391 e.